The van der Waals surface area contributed by atoms with Crippen molar-refractivity contribution < 1.29 is 5.11 Å². The summed E-state index contributed by atoms with van der Waals surface area (Å²) in [5.41, 5.74) is 1.30. The molecule has 0 aromatic heterocycles. The minimum atomic E-state index is 0.348. The van der Waals surface area contributed by atoms with Gasteiger partial charge in [0.25, 0.3) is 0 Å². The summed E-state index contributed by atoms with van der Waals surface area (Å²) in [5.74, 6) is 1.76. The Hall–Kier alpha value is -0.980. The molecule has 1 N–H and O–H groups in total. The first-order valence-electron chi connectivity index (χ1n) is 5.87. The highest BCUT2D eigenvalue weighted by atomic mass is 16.3. The number of phenolic OH excluding ortho intramolecular Hbond substituents is 1. The predicted molar refractivity (Wildman–Crippen MR) is 67.2 cm³/mol. The molecule has 1 atom stereocenters. The van der Waals surface area contributed by atoms with Gasteiger partial charge in [-0.15, -0.1) is 0 Å². The van der Waals surface area contributed by atoms with Crippen molar-refractivity contribution in [2.45, 2.75) is 41.0 Å². The highest BCUT2D eigenvalue weighted by molar-refractivity contribution is 5.26. The largest absolute Gasteiger partial charge is 0.508 e. The number of aromatic hydroxyl groups is 1. The van der Waals surface area contributed by atoms with Crippen LogP contribution in [0.25, 0.3) is 0 Å². The third-order valence-corrected chi connectivity index (χ3v) is 2.63. The molecule has 0 aliphatic carbocycles. The van der Waals surface area contributed by atoms with Gasteiger partial charge in [0.05, 0.1) is 0 Å². The first-order chi connectivity index (χ1) is 7.09. The Morgan fingerprint density at radius 2 is 1.47 bits per heavy atom. The number of hydrogen-bond donors (Lipinski definition) is 1. The normalized spacial score (nSPS) is 11.9. The Morgan fingerprint density at radius 3 is 1.87 bits per heavy atom. The van der Waals surface area contributed by atoms with E-state index in [0.717, 1.165) is 6.42 Å². The van der Waals surface area contributed by atoms with E-state index in [2.05, 4.69) is 20.8 Å². The van der Waals surface area contributed by atoms with Gasteiger partial charge < -0.3 is 5.11 Å². The summed E-state index contributed by atoms with van der Waals surface area (Å²) in [6, 6.07) is 7.49. The number of hydrogen-bond acceptors (Lipinski definition) is 1. The summed E-state index contributed by atoms with van der Waals surface area (Å²) in [6.07, 6.45) is 1.10. The van der Waals surface area contributed by atoms with E-state index in [4.69, 9.17) is 5.11 Å². The molecule has 0 aliphatic rings. The van der Waals surface area contributed by atoms with E-state index in [1.54, 1.807) is 12.1 Å². The molecular formula is C14H24O. The minimum Gasteiger partial charge on any atom is -0.508 e. The Bertz CT molecular complexity index is 249. The number of rotatable bonds is 3. The molecule has 86 valence electrons. The predicted octanol–water partition coefficient (Wildman–Crippen LogP) is 4.25. The van der Waals surface area contributed by atoms with Gasteiger partial charge in [0.15, 0.2) is 0 Å². The average molecular weight is 208 g/mol. The van der Waals surface area contributed by atoms with E-state index in [0.29, 0.717) is 17.6 Å². The van der Waals surface area contributed by atoms with Crippen LogP contribution in [-0.4, -0.2) is 5.11 Å². The van der Waals surface area contributed by atoms with Gasteiger partial charge >= 0.3 is 0 Å². The monoisotopic (exact) mass is 208 g/mol. The van der Waals surface area contributed by atoms with Crippen molar-refractivity contribution in [1.82, 2.24) is 0 Å². The summed E-state index contributed by atoms with van der Waals surface area (Å²) in [4.78, 5) is 0. The fourth-order valence-electron chi connectivity index (χ4n) is 1.24. The van der Waals surface area contributed by atoms with E-state index in [9.17, 15) is 0 Å². The van der Waals surface area contributed by atoms with Crippen LogP contribution in [0.2, 0.25) is 0 Å². The van der Waals surface area contributed by atoms with E-state index in [-0.39, 0.29) is 0 Å². The van der Waals surface area contributed by atoms with Crippen LogP contribution >= 0.6 is 0 Å². The van der Waals surface area contributed by atoms with Gasteiger partial charge in [-0.1, -0.05) is 46.8 Å². The molecule has 1 aromatic rings. The van der Waals surface area contributed by atoms with Crippen molar-refractivity contribution in [3.8, 4) is 5.75 Å². The Morgan fingerprint density at radius 1 is 1.00 bits per heavy atom. The van der Waals surface area contributed by atoms with Crippen LogP contribution in [0, 0.1) is 11.8 Å². The van der Waals surface area contributed by atoms with Gasteiger partial charge in [-0.25, -0.2) is 0 Å². The maximum Gasteiger partial charge on any atom is 0.115 e. The molecule has 0 fully saturated rings. The Kier molecular flexibility index (Phi) is 6.85. The fraction of sp³-hybridized carbons (Fsp3) is 0.571. The van der Waals surface area contributed by atoms with Crippen LogP contribution in [-0.2, 0) is 6.42 Å². The number of phenols is 1. The molecule has 0 aliphatic heterocycles. The summed E-state index contributed by atoms with van der Waals surface area (Å²) in [6.45, 7) is 10.7. The first kappa shape index (κ1) is 14.0. The summed E-state index contributed by atoms with van der Waals surface area (Å²) >= 11 is 0. The van der Waals surface area contributed by atoms with Crippen LogP contribution in [0.5, 0.6) is 5.75 Å². The van der Waals surface area contributed by atoms with Crippen molar-refractivity contribution in [3.05, 3.63) is 29.8 Å². The highest BCUT2D eigenvalue weighted by Crippen LogP contribution is 2.18. The zero-order chi connectivity index (χ0) is 11.8. The van der Waals surface area contributed by atoms with Crippen molar-refractivity contribution in [2.24, 2.45) is 11.8 Å². The molecule has 15 heavy (non-hydrogen) atoms. The van der Waals surface area contributed by atoms with Gasteiger partial charge in [-0.05, 0) is 36.0 Å². The van der Waals surface area contributed by atoms with Crippen LogP contribution in [0.3, 0.4) is 0 Å². The van der Waals surface area contributed by atoms with E-state index in [1.165, 1.54) is 5.56 Å². The Balaban J connectivity index is 0.000000921. The molecule has 0 heterocycles. The zero-order valence-electron chi connectivity index (χ0n) is 10.6. The van der Waals surface area contributed by atoms with E-state index in [1.807, 2.05) is 26.0 Å². The molecule has 1 nitrogen and oxygen atoms in total. The van der Waals surface area contributed by atoms with Crippen LogP contribution < -0.4 is 0 Å². The molecule has 0 radical (unpaired) electrons. The lowest BCUT2D eigenvalue weighted by Crippen LogP contribution is -2.06. The van der Waals surface area contributed by atoms with Gasteiger partial charge in [-0.3, -0.25) is 0 Å². The van der Waals surface area contributed by atoms with Gasteiger partial charge in [0.2, 0.25) is 0 Å². The molecular weight excluding hydrogens is 184 g/mol. The maximum atomic E-state index is 9.10. The van der Waals surface area contributed by atoms with E-state index < -0.39 is 0 Å². The van der Waals surface area contributed by atoms with Gasteiger partial charge in [0.1, 0.15) is 5.75 Å². The van der Waals surface area contributed by atoms with E-state index >= 15 is 0 Å². The van der Waals surface area contributed by atoms with Crippen LogP contribution in [0.4, 0.5) is 0 Å². The molecule has 1 rings (SSSR count). The summed E-state index contributed by atoms with van der Waals surface area (Å²) in [5, 5.41) is 9.10. The lowest BCUT2D eigenvalue weighted by atomic mass is 9.91. The molecule has 0 spiro atoms. The van der Waals surface area contributed by atoms with Crippen LogP contribution in [0.15, 0.2) is 24.3 Å². The molecule has 0 amide bonds. The molecule has 0 saturated heterocycles. The second kappa shape index (κ2) is 7.33. The average Bonchev–Trinajstić information content (AvgIpc) is 2.24. The smallest absolute Gasteiger partial charge is 0.115 e. The molecule has 0 bridgehead atoms. The van der Waals surface area contributed by atoms with Crippen molar-refractivity contribution >= 4 is 0 Å². The third-order valence-electron chi connectivity index (χ3n) is 2.63. The van der Waals surface area contributed by atoms with Gasteiger partial charge in [-0.2, -0.15) is 0 Å². The second-order valence-corrected chi connectivity index (χ2v) is 4.09. The minimum absolute atomic E-state index is 0.348. The van der Waals surface area contributed by atoms with Crippen LogP contribution in [0.1, 0.15) is 40.2 Å². The standard InChI is InChI=1S/C12H18O.C2H6/c1-9(2)10(3)8-11-4-6-12(13)7-5-11;1-2/h4-7,9-10,13H,8H2,1-3H3;1-2H3. The summed E-state index contributed by atoms with van der Waals surface area (Å²) in [7, 11) is 0. The van der Waals surface area contributed by atoms with Gasteiger partial charge in [0, 0.05) is 0 Å². The summed E-state index contributed by atoms with van der Waals surface area (Å²) < 4.78 is 0. The molecule has 1 aromatic carbocycles. The molecule has 1 heteroatoms. The second-order valence-electron chi connectivity index (χ2n) is 4.09. The third kappa shape index (κ3) is 5.46. The zero-order valence-corrected chi connectivity index (χ0v) is 10.6. The van der Waals surface area contributed by atoms with Crippen molar-refractivity contribution in [3.63, 3.8) is 0 Å². The molecule has 0 saturated carbocycles. The maximum absolute atomic E-state index is 9.10. The lowest BCUT2D eigenvalue weighted by Gasteiger charge is -2.15. The molecule has 1 unspecified atom stereocenters. The fourth-order valence-corrected chi connectivity index (χ4v) is 1.24. The number of benzene rings is 1. The quantitative estimate of drug-likeness (QED) is 0.787. The lowest BCUT2D eigenvalue weighted by molar-refractivity contribution is 0.417. The topological polar surface area (TPSA) is 20.2 Å². The highest BCUT2D eigenvalue weighted by Gasteiger charge is 2.07. The SMILES string of the molecule is CC.CC(C)C(C)Cc1ccc(O)cc1. The Labute approximate surface area is 94.2 Å². The van der Waals surface area contributed by atoms with Crippen molar-refractivity contribution in [1.29, 1.82) is 0 Å². The first-order valence-corrected chi connectivity index (χ1v) is 5.87. The van der Waals surface area contributed by atoms with Crippen molar-refractivity contribution in [2.75, 3.05) is 0 Å².